The largest absolute Gasteiger partial charge is 0.466 e. The molecule has 23 heavy (non-hydrogen) atoms. The quantitative estimate of drug-likeness (QED) is 0.655. The van der Waals surface area contributed by atoms with Crippen LogP contribution in [0.3, 0.4) is 0 Å². The van der Waals surface area contributed by atoms with E-state index in [0.717, 1.165) is 5.56 Å². The third-order valence-electron chi connectivity index (χ3n) is 3.73. The number of rotatable bonds is 9. The minimum atomic E-state index is -0.286. The lowest BCUT2D eigenvalue weighted by Crippen LogP contribution is -2.41. The van der Waals surface area contributed by atoms with Crippen molar-refractivity contribution in [2.24, 2.45) is 0 Å². The van der Waals surface area contributed by atoms with E-state index in [1.54, 1.807) is 13.8 Å². The van der Waals surface area contributed by atoms with E-state index in [4.69, 9.17) is 9.47 Å². The molecule has 0 unspecified atom stereocenters. The Bertz CT molecular complexity index is 489. The van der Waals surface area contributed by atoms with Gasteiger partial charge < -0.3 is 9.47 Å². The Hall–Kier alpha value is -1.88. The molecule has 1 aromatic rings. The standard InChI is InChI=1S/C18H27NO4/c1-5-22-17(20)12-14(3)19(13-18(21)23-6-2)15(4)16-10-8-7-9-11-16/h7-11,14-15H,5-6,12-13H2,1-4H3/t14-,15-/m0/s1. The summed E-state index contributed by atoms with van der Waals surface area (Å²) in [6, 6.07) is 9.77. The number of esters is 2. The highest BCUT2D eigenvalue weighted by Crippen LogP contribution is 2.23. The van der Waals surface area contributed by atoms with Crippen molar-refractivity contribution in [3.8, 4) is 0 Å². The molecule has 0 radical (unpaired) electrons. The van der Waals surface area contributed by atoms with Crippen molar-refractivity contribution in [3.63, 3.8) is 0 Å². The van der Waals surface area contributed by atoms with Gasteiger partial charge in [0.25, 0.3) is 0 Å². The van der Waals surface area contributed by atoms with Crippen molar-refractivity contribution < 1.29 is 19.1 Å². The Kier molecular flexibility index (Phi) is 8.33. The summed E-state index contributed by atoms with van der Waals surface area (Å²) in [5, 5.41) is 0. The first-order valence-electron chi connectivity index (χ1n) is 8.11. The fraction of sp³-hybridized carbons (Fsp3) is 0.556. The van der Waals surface area contributed by atoms with Crippen LogP contribution in [0.5, 0.6) is 0 Å². The zero-order valence-electron chi connectivity index (χ0n) is 14.5. The average Bonchev–Trinajstić information content (AvgIpc) is 2.53. The summed E-state index contributed by atoms with van der Waals surface area (Å²) in [4.78, 5) is 25.7. The summed E-state index contributed by atoms with van der Waals surface area (Å²) in [5.74, 6) is -0.542. The number of hydrogen-bond acceptors (Lipinski definition) is 5. The zero-order valence-corrected chi connectivity index (χ0v) is 14.5. The normalized spacial score (nSPS) is 13.4. The summed E-state index contributed by atoms with van der Waals surface area (Å²) in [7, 11) is 0. The molecule has 5 nitrogen and oxygen atoms in total. The smallest absolute Gasteiger partial charge is 0.320 e. The third-order valence-corrected chi connectivity index (χ3v) is 3.73. The van der Waals surface area contributed by atoms with Crippen LogP contribution in [0, 0.1) is 0 Å². The topological polar surface area (TPSA) is 55.8 Å². The lowest BCUT2D eigenvalue weighted by atomic mass is 10.0. The van der Waals surface area contributed by atoms with Crippen molar-refractivity contribution in [1.29, 1.82) is 0 Å². The van der Waals surface area contributed by atoms with Crippen LogP contribution in [-0.2, 0) is 19.1 Å². The number of carbonyl (C=O) groups excluding carboxylic acids is 2. The highest BCUT2D eigenvalue weighted by atomic mass is 16.5. The molecule has 1 rings (SSSR count). The lowest BCUT2D eigenvalue weighted by molar-refractivity contribution is -0.149. The van der Waals surface area contributed by atoms with E-state index in [9.17, 15) is 9.59 Å². The summed E-state index contributed by atoms with van der Waals surface area (Å²) in [5.41, 5.74) is 1.09. The molecular weight excluding hydrogens is 294 g/mol. The Morgan fingerprint density at radius 2 is 1.57 bits per heavy atom. The zero-order chi connectivity index (χ0) is 17.2. The molecule has 0 heterocycles. The minimum Gasteiger partial charge on any atom is -0.466 e. The first kappa shape index (κ1) is 19.2. The molecule has 1 aromatic carbocycles. The van der Waals surface area contributed by atoms with Gasteiger partial charge in [-0.1, -0.05) is 30.3 Å². The van der Waals surface area contributed by atoms with Gasteiger partial charge in [0.2, 0.25) is 0 Å². The van der Waals surface area contributed by atoms with Crippen LogP contribution in [0.1, 0.15) is 45.7 Å². The van der Waals surface area contributed by atoms with Crippen LogP contribution < -0.4 is 0 Å². The molecular formula is C18H27NO4. The van der Waals surface area contributed by atoms with Gasteiger partial charge in [-0.25, -0.2) is 0 Å². The van der Waals surface area contributed by atoms with Crippen LogP contribution in [0.15, 0.2) is 30.3 Å². The Labute approximate surface area is 138 Å². The van der Waals surface area contributed by atoms with E-state index in [1.165, 1.54) is 0 Å². The van der Waals surface area contributed by atoms with Crippen LogP contribution in [0.2, 0.25) is 0 Å². The molecule has 0 aliphatic rings. The van der Waals surface area contributed by atoms with Crippen molar-refractivity contribution in [1.82, 2.24) is 4.90 Å². The minimum absolute atomic E-state index is 0.00923. The maximum Gasteiger partial charge on any atom is 0.320 e. The molecule has 5 heteroatoms. The Morgan fingerprint density at radius 3 is 2.13 bits per heavy atom. The van der Waals surface area contributed by atoms with Gasteiger partial charge in [0.15, 0.2) is 0 Å². The summed E-state index contributed by atoms with van der Waals surface area (Å²) in [6.07, 6.45) is 0.240. The molecule has 0 saturated carbocycles. The second-order valence-electron chi connectivity index (χ2n) is 5.42. The molecule has 2 atom stereocenters. The van der Waals surface area contributed by atoms with Gasteiger partial charge in [-0.2, -0.15) is 0 Å². The Morgan fingerprint density at radius 1 is 1.00 bits per heavy atom. The average molecular weight is 321 g/mol. The van der Waals surface area contributed by atoms with Gasteiger partial charge in [-0.3, -0.25) is 14.5 Å². The molecule has 0 aliphatic heterocycles. The van der Waals surface area contributed by atoms with E-state index in [2.05, 4.69) is 0 Å². The van der Waals surface area contributed by atoms with E-state index < -0.39 is 0 Å². The first-order chi connectivity index (χ1) is 11.0. The lowest BCUT2D eigenvalue weighted by Gasteiger charge is -2.33. The maximum absolute atomic E-state index is 11.9. The van der Waals surface area contributed by atoms with Crippen molar-refractivity contribution in [3.05, 3.63) is 35.9 Å². The first-order valence-corrected chi connectivity index (χ1v) is 8.11. The molecule has 0 amide bonds. The molecule has 0 N–H and O–H groups in total. The molecule has 0 aliphatic carbocycles. The van der Waals surface area contributed by atoms with Crippen LogP contribution in [0.25, 0.3) is 0 Å². The van der Waals surface area contributed by atoms with Gasteiger partial charge in [0.1, 0.15) is 0 Å². The summed E-state index contributed by atoms with van der Waals surface area (Å²) >= 11 is 0. The second-order valence-corrected chi connectivity index (χ2v) is 5.42. The summed E-state index contributed by atoms with van der Waals surface area (Å²) in [6.45, 7) is 8.36. The fourth-order valence-electron chi connectivity index (χ4n) is 2.53. The van der Waals surface area contributed by atoms with Crippen molar-refractivity contribution in [2.45, 2.75) is 46.2 Å². The van der Waals surface area contributed by atoms with Crippen LogP contribution >= 0.6 is 0 Å². The molecule has 0 bridgehead atoms. The van der Waals surface area contributed by atoms with Gasteiger partial charge in [0.05, 0.1) is 26.2 Å². The molecule has 0 spiro atoms. The van der Waals surface area contributed by atoms with Crippen LogP contribution in [-0.4, -0.2) is 42.6 Å². The van der Waals surface area contributed by atoms with E-state index >= 15 is 0 Å². The highest BCUT2D eigenvalue weighted by Gasteiger charge is 2.26. The van der Waals surface area contributed by atoms with E-state index in [0.29, 0.717) is 13.2 Å². The molecule has 0 saturated heterocycles. The predicted octanol–water partition coefficient (Wildman–Crippen LogP) is 2.95. The number of hydrogen-bond donors (Lipinski definition) is 0. The second kappa shape index (κ2) is 10.0. The monoisotopic (exact) mass is 321 g/mol. The predicted molar refractivity (Wildman–Crippen MR) is 88.9 cm³/mol. The third kappa shape index (κ3) is 6.40. The number of ether oxygens (including phenoxy) is 2. The van der Waals surface area contributed by atoms with E-state index in [-0.39, 0.29) is 37.0 Å². The number of nitrogens with zero attached hydrogens (tertiary/aromatic N) is 1. The number of benzene rings is 1. The summed E-state index contributed by atoms with van der Waals surface area (Å²) < 4.78 is 10.1. The highest BCUT2D eigenvalue weighted by molar-refractivity contribution is 5.72. The molecule has 128 valence electrons. The van der Waals surface area contributed by atoms with E-state index in [1.807, 2.05) is 49.1 Å². The Balaban J connectivity index is 2.87. The van der Waals surface area contributed by atoms with Gasteiger partial charge in [-0.05, 0) is 33.3 Å². The van der Waals surface area contributed by atoms with Crippen molar-refractivity contribution >= 4 is 11.9 Å². The maximum atomic E-state index is 11.9. The van der Waals surface area contributed by atoms with Gasteiger partial charge >= 0.3 is 11.9 Å². The SMILES string of the molecule is CCOC(=O)C[C@H](C)N(CC(=O)OCC)[C@@H](C)c1ccccc1. The molecule has 0 fully saturated rings. The van der Waals surface area contributed by atoms with Gasteiger partial charge in [-0.15, -0.1) is 0 Å². The van der Waals surface area contributed by atoms with Crippen molar-refractivity contribution in [2.75, 3.05) is 19.8 Å². The van der Waals surface area contributed by atoms with Gasteiger partial charge in [0, 0.05) is 12.1 Å². The fourth-order valence-corrected chi connectivity index (χ4v) is 2.53. The number of carbonyl (C=O) groups is 2. The van der Waals surface area contributed by atoms with Crippen LogP contribution in [0.4, 0.5) is 0 Å². The molecule has 0 aromatic heterocycles.